The first-order valence-corrected chi connectivity index (χ1v) is 10.9. The van der Waals surface area contributed by atoms with Crippen LogP contribution in [0.1, 0.15) is 28.3 Å². The van der Waals surface area contributed by atoms with E-state index in [0.29, 0.717) is 10.7 Å². The third-order valence-corrected chi connectivity index (χ3v) is 6.55. The van der Waals surface area contributed by atoms with Gasteiger partial charge in [-0.05, 0) is 49.2 Å². The number of carbonyl (C=O) groups excluding carboxylic acids is 2. The van der Waals surface area contributed by atoms with Crippen molar-refractivity contribution in [3.05, 3.63) is 94.8 Å². The summed E-state index contributed by atoms with van der Waals surface area (Å²) in [6, 6.07) is 15.9. The fourth-order valence-electron chi connectivity index (χ4n) is 3.88. The van der Waals surface area contributed by atoms with E-state index in [-0.39, 0.29) is 11.3 Å². The Bertz CT molecular complexity index is 1390. The highest BCUT2D eigenvalue weighted by Gasteiger charge is 2.48. The lowest BCUT2D eigenvalue weighted by atomic mass is 9.95. The molecule has 5 rings (SSSR count). The molecule has 0 bridgehead atoms. The molecule has 6 nitrogen and oxygen atoms in total. The molecule has 1 N–H and O–H groups in total. The maximum absolute atomic E-state index is 13.2. The summed E-state index contributed by atoms with van der Waals surface area (Å²) in [7, 11) is 0. The number of hydrogen-bond acceptors (Lipinski definition) is 6. The third kappa shape index (κ3) is 3.27. The summed E-state index contributed by atoms with van der Waals surface area (Å²) in [5.41, 5.74) is 4.09. The van der Waals surface area contributed by atoms with Gasteiger partial charge in [-0.15, -0.1) is 0 Å². The second-order valence-corrected chi connectivity index (χ2v) is 8.79. The van der Waals surface area contributed by atoms with Gasteiger partial charge in [0.05, 0.1) is 21.8 Å². The maximum atomic E-state index is 13.2. The number of ketones is 1. The highest BCUT2D eigenvalue weighted by Crippen LogP contribution is 2.44. The second-order valence-electron chi connectivity index (χ2n) is 7.78. The SMILES string of the molecule is Cc1ccc(C2/C(=C(\O)c3ccncc3)C(=O)C(=O)N2c2nc3ccc(C)cc3s2)cc1. The van der Waals surface area contributed by atoms with E-state index in [1.54, 1.807) is 12.1 Å². The van der Waals surface area contributed by atoms with Gasteiger partial charge in [-0.2, -0.15) is 0 Å². The molecule has 1 amide bonds. The highest BCUT2D eigenvalue weighted by molar-refractivity contribution is 7.22. The Hall–Kier alpha value is -3.84. The van der Waals surface area contributed by atoms with E-state index in [1.807, 2.05) is 56.3 Å². The molecule has 158 valence electrons. The number of hydrogen-bond donors (Lipinski definition) is 1. The number of aromatic nitrogens is 2. The zero-order valence-corrected chi connectivity index (χ0v) is 18.3. The number of rotatable bonds is 3. The smallest absolute Gasteiger partial charge is 0.301 e. The van der Waals surface area contributed by atoms with Gasteiger partial charge in [0.15, 0.2) is 5.13 Å². The molecule has 7 heteroatoms. The molecular formula is C25H19N3O3S. The van der Waals surface area contributed by atoms with Gasteiger partial charge >= 0.3 is 5.91 Å². The first-order valence-electron chi connectivity index (χ1n) is 10.1. The lowest BCUT2D eigenvalue weighted by Crippen LogP contribution is -2.29. The molecule has 1 saturated heterocycles. The molecular weight excluding hydrogens is 422 g/mol. The summed E-state index contributed by atoms with van der Waals surface area (Å²) in [5.74, 6) is -1.67. The number of aliphatic hydroxyl groups is 1. The average Bonchev–Trinajstić information content (AvgIpc) is 3.32. The van der Waals surface area contributed by atoms with Crippen molar-refractivity contribution >= 4 is 44.1 Å². The van der Waals surface area contributed by atoms with Crippen LogP contribution < -0.4 is 4.90 Å². The van der Waals surface area contributed by atoms with Crippen LogP contribution in [0.4, 0.5) is 5.13 Å². The lowest BCUT2D eigenvalue weighted by Gasteiger charge is -2.23. The summed E-state index contributed by atoms with van der Waals surface area (Å²) >= 11 is 1.35. The van der Waals surface area contributed by atoms with Crippen LogP contribution in [0, 0.1) is 13.8 Å². The van der Waals surface area contributed by atoms with E-state index in [1.165, 1.54) is 28.6 Å². The molecule has 2 aromatic heterocycles. The molecule has 2 aromatic carbocycles. The van der Waals surface area contributed by atoms with Gasteiger partial charge in [-0.3, -0.25) is 19.5 Å². The van der Waals surface area contributed by atoms with Crippen molar-refractivity contribution in [1.29, 1.82) is 0 Å². The predicted octanol–water partition coefficient (Wildman–Crippen LogP) is 4.93. The van der Waals surface area contributed by atoms with Gasteiger partial charge in [-0.1, -0.05) is 47.2 Å². The van der Waals surface area contributed by atoms with Crippen LogP contribution in [0.15, 0.2) is 72.6 Å². The average molecular weight is 442 g/mol. The number of thiazole rings is 1. The van der Waals surface area contributed by atoms with Gasteiger partial charge in [0.25, 0.3) is 5.78 Å². The molecule has 0 aliphatic carbocycles. The topological polar surface area (TPSA) is 83.4 Å². The molecule has 1 aliphatic rings. The minimum Gasteiger partial charge on any atom is -0.507 e. The summed E-state index contributed by atoms with van der Waals surface area (Å²) < 4.78 is 0.929. The monoisotopic (exact) mass is 441 g/mol. The number of fused-ring (bicyclic) bond motifs is 1. The summed E-state index contributed by atoms with van der Waals surface area (Å²) in [5, 5.41) is 11.5. The van der Waals surface area contributed by atoms with Crippen molar-refractivity contribution in [3.8, 4) is 0 Å². The van der Waals surface area contributed by atoms with Crippen molar-refractivity contribution < 1.29 is 14.7 Å². The molecule has 1 atom stereocenters. The Kier molecular flexibility index (Phi) is 4.83. The molecule has 1 unspecified atom stereocenters. The molecule has 0 radical (unpaired) electrons. The Morgan fingerprint density at radius 3 is 2.38 bits per heavy atom. The number of aryl methyl sites for hydroxylation is 2. The molecule has 32 heavy (non-hydrogen) atoms. The number of nitrogens with zero attached hydrogens (tertiary/aromatic N) is 3. The van der Waals surface area contributed by atoms with Crippen molar-refractivity contribution in [3.63, 3.8) is 0 Å². The van der Waals surface area contributed by atoms with Crippen LogP contribution in [0.5, 0.6) is 0 Å². The molecule has 3 heterocycles. The van der Waals surface area contributed by atoms with Crippen molar-refractivity contribution in [2.75, 3.05) is 4.90 Å². The Labute approximate surface area is 188 Å². The Morgan fingerprint density at radius 1 is 0.969 bits per heavy atom. The number of anilines is 1. The van der Waals surface area contributed by atoms with Crippen LogP contribution in [0.25, 0.3) is 16.0 Å². The largest absolute Gasteiger partial charge is 0.507 e. The third-order valence-electron chi connectivity index (χ3n) is 5.53. The lowest BCUT2D eigenvalue weighted by molar-refractivity contribution is -0.132. The van der Waals surface area contributed by atoms with Gasteiger partial charge in [0, 0.05) is 18.0 Å². The summed E-state index contributed by atoms with van der Waals surface area (Å²) in [6.07, 6.45) is 3.06. The first-order chi connectivity index (χ1) is 15.4. The van der Waals surface area contributed by atoms with Crippen LogP contribution in [0.2, 0.25) is 0 Å². The highest BCUT2D eigenvalue weighted by atomic mass is 32.1. The number of Topliss-reactive ketones (excluding diaryl/α,β-unsaturated/α-hetero) is 1. The van der Waals surface area contributed by atoms with Gasteiger partial charge < -0.3 is 5.11 Å². The second kappa shape index (κ2) is 7.69. The standard InChI is InChI=1S/C25H19N3O3S/c1-14-3-6-16(7-4-14)21-20(22(29)17-9-11-26-12-10-17)23(30)24(31)28(21)25-27-18-8-5-15(2)13-19(18)32-25/h3-13,21,29H,1-2H3/b22-20+. The van der Waals surface area contributed by atoms with Gasteiger partial charge in [-0.25, -0.2) is 4.98 Å². The van der Waals surface area contributed by atoms with E-state index in [0.717, 1.165) is 26.9 Å². The quantitative estimate of drug-likeness (QED) is 0.277. The zero-order valence-electron chi connectivity index (χ0n) is 17.4. The minimum atomic E-state index is -0.787. The molecule has 4 aromatic rings. The molecule has 0 spiro atoms. The van der Waals surface area contributed by atoms with Crippen LogP contribution in [-0.2, 0) is 9.59 Å². The van der Waals surface area contributed by atoms with Gasteiger partial charge in [0.1, 0.15) is 5.76 Å². The van der Waals surface area contributed by atoms with Crippen molar-refractivity contribution in [1.82, 2.24) is 9.97 Å². The number of pyridine rings is 1. The van der Waals surface area contributed by atoms with Crippen molar-refractivity contribution in [2.45, 2.75) is 19.9 Å². The predicted molar refractivity (Wildman–Crippen MR) is 125 cm³/mol. The maximum Gasteiger partial charge on any atom is 0.301 e. The number of amides is 1. The number of benzene rings is 2. The van der Waals surface area contributed by atoms with E-state index >= 15 is 0 Å². The molecule has 1 aliphatic heterocycles. The number of carbonyl (C=O) groups is 2. The molecule has 0 saturated carbocycles. The van der Waals surface area contributed by atoms with E-state index in [2.05, 4.69) is 9.97 Å². The van der Waals surface area contributed by atoms with Crippen LogP contribution in [-0.4, -0.2) is 26.8 Å². The number of aliphatic hydroxyl groups excluding tert-OH is 1. The zero-order chi connectivity index (χ0) is 22.4. The van der Waals surface area contributed by atoms with E-state index in [9.17, 15) is 14.7 Å². The normalized spacial score (nSPS) is 17.9. The fourth-order valence-corrected chi connectivity index (χ4v) is 4.97. The van der Waals surface area contributed by atoms with Crippen LogP contribution >= 0.6 is 11.3 Å². The summed E-state index contributed by atoms with van der Waals surface area (Å²) in [6.45, 7) is 3.96. The van der Waals surface area contributed by atoms with Crippen LogP contribution in [0.3, 0.4) is 0 Å². The van der Waals surface area contributed by atoms with E-state index < -0.39 is 17.7 Å². The fraction of sp³-hybridized carbons (Fsp3) is 0.120. The summed E-state index contributed by atoms with van der Waals surface area (Å²) in [4.78, 5) is 36.4. The minimum absolute atomic E-state index is 0.0421. The van der Waals surface area contributed by atoms with E-state index in [4.69, 9.17) is 0 Å². The first kappa shape index (κ1) is 20.1. The van der Waals surface area contributed by atoms with Gasteiger partial charge in [0.2, 0.25) is 0 Å². The van der Waals surface area contributed by atoms with Crippen molar-refractivity contribution in [2.24, 2.45) is 0 Å². The Balaban J connectivity index is 1.73. The Morgan fingerprint density at radius 2 is 1.66 bits per heavy atom. The molecule has 1 fully saturated rings.